The molecule has 18 heavy (non-hydrogen) atoms. The summed E-state index contributed by atoms with van der Waals surface area (Å²) in [5.74, 6) is -0.294. The predicted octanol–water partition coefficient (Wildman–Crippen LogP) is 2.48. The van der Waals surface area contributed by atoms with E-state index < -0.39 is 0 Å². The third-order valence-corrected chi connectivity index (χ3v) is 2.95. The molecule has 6 heteroatoms. The van der Waals surface area contributed by atoms with Gasteiger partial charge in [-0.2, -0.15) is 5.26 Å². The summed E-state index contributed by atoms with van der Waals surface area (Å²) >= 11 is 3.29. The average molecular weight is 305 g/mol. The second-order valence-electron chi connectivity index (χ2n) is 3.61. The fraction of sp³-hybridized carbons (Fsp3) is 0. The maximum Gasteiger partial charge on any atom is 0.272 e. The van der Waals surface area contributed by atoms with Crippen LogP contribution < -0.4 is 11.1 Å². The monoisotopic (exact) mass is 304 g/mol. The van der Waals surface area contributed by atoms with E-state index in [2.05, 4.69) is 26.2 Å². The Morgan fingerprint density at radius 3 is 2.78 bits per heavy atom. The highest BCUT2D eigenvalue weighted by atomic mass is 79.9. The molecule has 1 heterocycles. The Labute approximate surface area is 112 Å². The molecule has 1 aromatic carbocycles. The highest BCUT2D eigenvalue weighted by molar-refractivity contribution is 9.10. The molecule has 0 aliphatic rings. The Morgan fingerprint density at radius 2 is 2.22 bits per heavy atom. The molecule has 0 saturated heterocycles. The van der Waals surface area contributed by atoms with Gasteiger partial charge in [0.15, 0.2) is 0 Å². The molecule has 2 rings (SSSR count). The number of nitrogen functional groups attached to an aromatic ring is 1. The first-order valence-electron chi connectivity index (χ1n) is 5.05. The predicted molar refractivity (Wildman–Crippen MR) is 72.0 cm³/mol. The lowest BCUT2D eigenvalue weighted by molar-refractivity contribution is 0.102. The van der Waals surface area contributed by atoms with Crippen LogP contribution in [-0.4, -0.2) is 10.9 Å². The molecule has 0 atom stereocenters. The molecule has 1 amide bonds. The SMILES string of the molecule is N#Cc1ccc(NC(=O)c2cc(N)c[nH]2)c(Br)c1. The van der Waals surface area contributed by atoms with Gasteiger partial charge in [0.05, 0.1) is 17.3 Å². The Bertz CT molecular complexity index is 642. The number of H-pyrrole nitrogens is 1. The van der Waals surface area contributed by atoms with E-state index in [0.29, 0.717) is 27.1 Å². The van der Waals surface area contributed by atoms with E-state index in [-0.39, 0.29) is 5.91 Å². The van der Waals surface area contributed by atoms with Crippen molar-refractivity contribution in [2.75, 3.05) is 11.1 Å². The van der Waals surface area contributed by atoms with Crippen LogP contribution in [0, 0.1) is 11.3 Å². The number of nitrogens with two attached hydrogens (primary N) is 1. The number of nitrogens with one attached hydrogen (secondary N) is 2. The minimum absolute atomic E-state index is 0.294. The average Bonchev–Trinajstić information content (AvgIpc) is 2.78. The summed E-state index contributed by atoms with van der Waals surface area (Å²) in [6, 6.07) is 8.49. The van der Waals surface area contributed by atoms with Gasteiger partial charge in [0, 0.05) is 16.4 Å². The Balaban J connectivity index is 2.20. The lowest BCUT2D eigenvalue weighted by Crippen LogP contribution is -2.12. The summed E-state index contributed by atoms with van der Waals surface area (Å²) in [7, 11) is 0. The van der Waals surface area contributed by atoms with Gasteiger partial charge in [0.25, 0.3) is 5.91 Å². The molecule has 0 bridgehead atoms. The zero-order valence-corrected chi connectivity index (χ0v) is 10.8. The van der Waals surface area contributed by atoms with Crippen molar-refractivity contribution in [1.29, 1.82) is 5.26 Å². The van der Waals surface area contributed by atoms with Crippen LogP contribution >= 0.6 is 15.9 Å². The highest BCUT2D eigenvalue weighted by Gasteiger charge is 2.10. The number of halogens is 1. The van der Waals surface area contributed by atoms with Crippen LogP contribution in [-0.2, 0) is 0 Å². The second kappa shape index (κ2) is 4.94. The molecular formula is C12H9BrN4O. The van der Waals surface area contributed by atoms with Crippen molar-refractivity contribution in [3.8, 4) is 6.07 Å². The maximum absolute atomic E-state index is 11.9. The summed E-state index contributed by atoms with van der Waals surface area (Å²) in [5, 5.41) is 11.4. The minimum Gasteiger partial charge on any atom is -0.397 e. The number of carbonyl (C=O) groups excluding carboxylic acids is 1. The molecule has 5 nitrogen and oxygen atoms in total. The van der Waals surface area contributed by atoms with Crippen LogP contribution in [0.5, 0.6) is 0 Å². The fourth-order valence-corrected chi connectivity index (χ4v) is 1.90. The quantitative estimate of drug-likeness (QED) is 0.795. The summed E-state index contributed by atoms with van der Waals surface area (Å²) in [5.41, 5.74) is 7.51. The van der Waals surface area contributed by atoms with E-state index in [1.54, 1.807) is 30.5 Å². The topological polar surface area (TPSA) is 94.7 Å². The van der Waals surface area contributed by atoms with Gasteiger partial charge >= 0.3 is 0 Å². The molecule has 1 aromatic heterocycles. The summed E-state index contributed by atoms with van der Waals surface area (Å²) in [6.07, 6.45) is 1.54. The minimum atomic E-state index is -0.294. The lowest BCUT2D eigenvalue weighted by Gasteiger charge is -2.06. The number of aromatic amines is 1. The number of aromatic nitrogens is 1. The number of hydrogen-bond acceptors (Lipinski definition) is 3. The molecule has 0 fully saturated rings. The number of benzene rings is 1. The zero-order chi connectivity index (χ0) is 13.1. The number of amides is 1. The van der Waals surface area contributed by atoms with Gasteiger partial charge in [-0.05, 0) is 40.2 Å². The first kappa shape index (κ1) is 12.2. The van der Waals surface area contributed by atoms with Crippen LogP contribution in [0.25, 0.3) is 0 Å². The standard InChI is InChI=1S/C12H9BrN4O/c13-9-3-7(5-14)1-2-10(9)17-12(18)11-4-8(15)6-16-11/h1-4,6,16H,15H2,(H,17,18). The van der Waals surface area contributed by atoms with Crippen molar-refractivity contribution < 1.29 is 4.79 Å². The molecular weight excluding hydrogens is 296 g/mol. The number of nitriles is 1. The summed E-state index contributed by atoms with van der Waals surface area (Å²) in [4.78, 5) is 14.6. The van der Waals surface area contributed by atoms with E-state index in [1.165, 1.54) is 0 Å². The second-order valence-corrected chi connectivity index (χ2v) is 4.46. The third-order valence-electron chi connectivity index (χ3n) is 2.30. The number of anilines is 2. The number of carbonyl (C=O) groups is 1. The number of nitrogens with zero attached hydrogens (tertiary/aromatic N) is 1. The van der Waals surface area contributed by atoms with Crippen LogP contribution in [0.4, 0.5) is 11.4 Å². The Kier molecular flexibility index (Phi) is 3.35. The Hall–Kier alpha value is -2.26. The van der Waals surface area contributed by atoms with Crippen LogP contribution in [0.1, 0.15) is 16.1 Å². The van der Waals surface area contributed by atoms with Crippen molar-refractivity contribution in [1.82, 2.24) is 4.98 Å². The van der Waals surface area contributed by atoms with E-state index in [0.717, 1.165) is 0 Å². The molecule has 0 unspecified atom stereocenters. The number of rotatable bonds is 2. The van der Waals surface area contributed by atoms with Crippen molar-refractivity contribution >= 4 is 33.2 Å². The molecule has 90 valence electrons. The van der Waals surface area contributed by atoms with Gasteiger partial charge in [-0.3, -0.25) is 4.79 Å². The van der Waals surface area contributed by atoms with Crippen LogP contribution in [0.15, 0.2) is 34.9 Å². The lowest BCUT2D eigenvalue weighted by atomic mass is 10.2. The Morgan fingerprint density at radius 1 is 1.44 bits per heavy atom. The van der Waals surface area contributed by atoms with Crippen LogP contribution in [0.2, 0.25) is 0 Å². The smallest absolute Gasteiger partial charge is 0.272 e. The van der Waals surface area contributed by atoms with Crippen molar-refractivity contribution in [2.45, 2.75) is 0 Å². The molecule has 0 aliphatic carbocycles. The number of hydrogen-bond donors (Lipinski definition) is 3. The first-order valence-corrected chi connectivity index (χ1v) is 5.84. The van der Waals surface area contributed by atoms with E-state index in [1.807, 2.05) is 6.07 Å². The largest absolute Gasteiger partial charge is 0.397 e. The molecule has 4 N–H and O–H groups in total. The highest BCUT2D eigenvalue weighted by Crippen LogP contribution is 2.24. The zero-order valence-electron chi connectivity index (χ0n) is 9.20. The van der Waals surface area contributed by atoms with Gasteiger partial charge in [-0.25, -0.2) is 0 Å². The van der Waals surface area contributed by atoms with Crippen molar-refractivity contribution in [2.24, 2.45) is 0 Å². The van der Waals surface area contributed by atoms with Crippen LogP contribution in [0.3, 0.4) is 0 Å². The summed E-state index contributed by atoms with van der Waals surface area (Å²) in [6.45, 7) is 0. The third kappa shape index (κ3) is 2.52. The van der Waals surface area contributed by atoms with E-state index >= 15 is 0 Å². The fourth-order valence-electron chi connectivity index (χ4n) is 1.42. The molecule has 0 radical (unpaired) electrons. The first-order chi connectivity index (χ1) is 8.60. The van der Waals surface area contributed by atoms with Gasteiger partial charge in [0.1, 0.15) is 5.69 Å². The van der Waals surface area contributed by atoms with Gasteiger partial charge in [-0.15, -0.1) is 0 Å². The normalized spacial score (nSPS) is 9.78. The van der Waals surface area contributed by atoms with Crippen molar-refractivity contribution in [3.63, 3.8) is 0 Å². The maximum atomic E-state index is 11.9. The van der Waals surface area contributed by atoms with Gasteiger partial charge < -0.3 is 16.0 Å². The summed E-state index contributed by atoms with van der Waals surface area (Å²) < 4.78 is 0.648. The molecule has 0 aliphatic heterocycles. The van der Waals surface area contributed by atoms with E-state index in [4.69, 9.17) is 11.0 Å². The van der Waals surface area contributed by atoms with Crippen molar-refractivity contribution in [3.05, 3.63) is 46.2 Å². The van der Waals surface area contributed by atoms with E-state index in [9.17, 15) is 4.79 Å². The van der Waals surface area contributed by atoms with Gasteiger partial charge in [-0.1, -0.05) is 0 Å². The molecule has 0 spiro atoms. The van der Waals surface area contributed by atoms with Gasteiger partial charge in [0.2, 0.25) is 0 Å². The molecule has 2 aromatic rings. The molecule has 0 saturated carbocycles.